The van der Waals surface area contributed by atoms with Crippen LogP contribution in [0.25, 0.3) is 21.5 Å². The van der Waals surface area contributed by atoms with Gasteiger partial charge >= 0.3 is 0 Å². The molecule has 0 saturated heterocycles. The summed E-state index contributed by atoms with van der Waals surface area (Å²) in [6, 6.07) is 34.6. The van der Waals surface area contributed by atoms with Gasteiger partial charge in [0.1, 0.15) is 0 Å². The molecule has 180 valence electrons. The Hall–Kier alpha value is -4.77. The van der Waals surface area contributed by atoms with E-state index in [1.165, 1.54) is 4.90 Å². The Bertz CT molecular complexity index is 1650. The van der Waals surface area contributed by atoms with Crippen molar-refractivity contribution in [2.75, 3.05) is 18.0 Å². The molecule has 0 saturated carbocycles. The monoisotopic (exact) mass is 484 g/mol. The summed E-state index contributed by atoms with van der Waals surface area (Å²) in [4.78, 5) is 42.8. The van der Waals surface area contributed by atoms with Crippen LogP contribution in [-0.4, -0.2) is 35.7 Å². The van der Waals surface area contributed by atoms with Gasteiger partial charge in [-0.3, -0.25) is 19.3 Å². The maximum absolute atomic E-state index is 13.9. The standard InChI is InChI=1S/C32H24N2O3/c35-30(21-24-13-7-11-22-9-1-3-14-25(22)24)33(29-18-8-12-23-10-2-4-15-26(23)29)19-20-34-31(36)27-16-5-6-17-28(27)32(34)37/h1-18H,19-21H2. The van der Waals surface area contributed by atoms with E-state index in [0.29, 0.717) is 11.1 Å². The Morgan fingerprint density at radius 2 is 1.16 bits per heavy atom. The largest absolute Gasteiger partial charge is 0.310 e. The first kappa shape index (κ1) is 22.7. The molecule has 0 bridgehead atoms. The van der Waals surface area contributed by atoms with E-state index in [2.05, 4.69) is 0 Å². The van der Waals surface area contributed by atoms with Crippen molar-refractivity contribution in [1.82, 2.24) is 4.90 Å². The van der Waals surface area contributed by atoms with Crippen molar-refractivity contribution in [1.29, 1.82) is 0 Å². The molecule has 1 aliphatic rings. The molecule has 0 aliphatic carbocycles. The summed E-state index contributed by atoms with van der Waals surface area (Å²) < 4.78 is 0. The fourth-order valence-electron chi connectivity index (χ4n) is 5.17. The highest BCUT2D eigenvalue weighted by Gasteiger charge is 2.35. The van der Waals surface area contributed by atoms with Gasteiger partial charge < -0.3 is 4.90 Å². The second-order valence-corrected chi connectivity index (χ2v) is 9.17. The number of rotatable bonds is 6. The average Bonchev–Trinajstić information content (AvgIpc) is 3.18. The normalized spacial score (nSPS) is 12.8. The Labute approximate surface area is 214 Å². The van der Waals surface area contributed by atoms with Gasteiger partial charge in [0, 0.05) is 18.5 Å². The minimum absolute atomic E-state index is 0.0932. The van der Waals surface area contributed by atoms with Crippen LogP contribution >= 0.6 is 0 Å². The van der Waals surface area contributed by atoms with E-state index < -0.39 is 0 Å². The molecule has 0 unspecified atom stereocenters. The third-order valence-corrected chi connectivity index (χ3v) is 7.01. The molecule has 5 heteroatoms. The molecule has 37 heavy (non-hydrogen) atoms. The number of imide groups is 1. The van der Waals surface area contributed by atoms with Crippen molar-refractivity contribution in [2.24, 2.45) is 0 Å². The van der Waals surface area contributed by atoms with Gasteiger partial charge in [-0.1, -0.05) is 91.0 Å². The first-order valence-electron chi connectivity index (χ1n) is 12.3. The number of carbonyl (C=O) groups is 3. The van der Waals surface area contributed by atoms with E-state index in [-0.39, 0.29) is 37.2 Å². The molecular formula is C32H24N2O3. The quantitative estimate of drug-likeness (QED) is 0.284. The van der Waals surface area contributed by atoms with E-state index in [0.717, 1.165) is 32.8 Å². The van der Waals surface area contributed by atoms with Crippen LogP contribution in [0.2, 0.25) is 0 Å². The molecule has 0 radical (unpaired) electrons. The van der Waals surface area contributed by atoms with Crippen LogP contribution in [0.1, 0.15) is 26.3 Å². The van der Waals surface area contributed by atoms with Crippen LogP contribution in [0.5, 0.6) is 0 Å². The zero-order valence-corrected chi connectivity index (χ0v) is 20.1. The lowest BCUT2D eigenvalue weighted by Gasteiger charge is -2.27. The van der Waals surface area contributed by atoms with Crippen molar-refractivity contribution < 1.29 is 14.4 Å². The summed E-state index contributed by atoms with van der Waals surface area (Å²) in [5, 5.41) is 4.08. The predicted molar refractivity (Wildman–Crippen MR) is 146 cm³/mol. The number of amides is 3. The van der Waals surface area contributed by atoms with E-state index in [9.17, 15) is 14.4 Å². The lowest BCUT2D eigenvalue weighted by Crippen LogP contribution is -2.41. The van der Waals surface area contributed by atoms with E-state index in [4.69, 9.17) is 0 Å². The van der Waals surface area contributed by atoms with Crippen LogP contribution in [0.4, 0.5) is 5.69 Å². The van der Waals surface area contributed by atoms with Gasteiger partial charge in [0.2, 0.25) is 5.91 Å². The number of hydrogen-bond donors (Lipinski definition) is 0. The molecule has 0 aromatic heterocycles. The smallest absolute Gasteiger partial charge is 0.261 e. The third kappa shape index (κ3) is 4.04. The molecule has 5 aromatic rings. The van der Waals surface area contributed by atoms with Gasteiger partial charge in [-0.05, 0) is 39.9 Å². The molecule has 6 rings (SSSR count). The van der Waals surface area contributed by atoms with Crippen LogP contribution in [-0.2, 0) is 11.2 Å². The molecular weight excluding hydrogens is 460 g/mol. The summed E-state index contributed by atoms with van der Waals surface area (Å²) in [6.45, 7) is 0.305. The fourth-order valence-corrected chi connectivity index (χ4v) is 5.17. The highest BCUT2D eigenvalue weighted by Crippen LogP contribution is 2.29. The molecule has 1 heterocycles. The fraction of sp³-hybridized carbons (Fsp3) is 0.0938. The SMILES string of the molecule is O=C1c2ccccc2C(=O)N1CCN(C(=O)Cc1cccc2ccccc12)c1cccc2ccccc12. The summed E-state index contributed by atoms with van der Waals surface area (Å²) in [5.41, 5.74) is 2.52. The van der Waals surface area contributed by atoms with Crippen LogP contribution in [0, 0.1) is 0 Å². The first-order chi connectivity index (χ1) is 18.1. The minimum atomic E-state index is -0.319. The van der Waals surface area contributed by atoms with Crippen molar-refractivity contribution in [3.8, 4) is 0 Å². The number of nitrogens with zero attached hydrogens (tertiary/aromatic N) is 2. The average molecular weight is 485 g/mol. The van der Waals surface area contributed by atoms with Crippen molar-refractivity contribution in [3.63, 3.8) is 0 Å². The van der Waals surface area contributed by atoms with Gasteiger partial charge in [0.15, 0.2) is 0 Å². The second-order valence-electron chi connectivity index (χ2n) is 9.17. The van der Waals surface area contributed by atoms with Crippen LogP contribution < -0.4 is 4.90 Å². The molecule has 5 nitrogen and oxygen atoms in total. The van der Waals surface area contributed by atoms with Crippen molar-refractivity contribution in [3.05, 3.63) is 126 Å². The zero-order valence-electron chi connectivity index (χ0n) is 20.1. The highest BCUT2D eigenvalue weighted by molar-refractivity contribution is 6.21. The number of fused-ring (bicyclic) bond motifs is 3. The summed E-state index contributed by atoms with van der Waals surface area (Å²) in [6.07, 6.45) is 0.201. The molecule has 5 aromatic carbocycles. The summed E-state index contributed by atoms with van der Waals surface area (Å²) in [5.74, 6) is -0.732. The molecule has 0 atom stereocenters. The van der Waals surface area contributed by atoms with Gasteiger partial charge in [-0.2, -0.15) is 0 Å². The van der Waals surface area contributed by atoms with E-state index >= 15 is 0 Å². The highest BCUT2D eigenvalue weighted by atomic mass is 16.2. The Morgan fingerprint density at radius 1 is 0.622 bits per heavy atom. The molecule has 0 spiro atoms. The topological polar surface area (TPSA) is 57.7 Å². The summed E-state index contributed by atoms with van der Waals surface area (Å²) in [7, 11) is 0. The van der Waals surface area contributed by atoms with Crippen molar-refractivity contribution >= 4 is 45.0 Å². The maximum Gasteiger partial charge on any atom is 0.261 e. The molecule has 1 aliphatic heterocycles. The molecule has 3 amide bonds. The van der Waals surface area contributed by atoms with E-state index in [1.807, 2.05) is 84.9 Å². The first-order valence-corrected chi connectivity index (χ1v) is 12.3. The van der Waals surface area contributed by atoms with Gasteiger partial charge in [0.25, 0.3) is 11.8 Å². The van der Waals surface area contributed by atoms with Gasteiger partial charge in [-0.15, -0.1) is 0 Å². The van der Waals surface area contributed by atoms with Gasteiger partial charge in [-0.25, -0.2) is 0 Å². The lowest BCUT2D eigenvalue weighted by atomic mass is 10.0. The summed E-state index contributed by atoms with van der Waals surface area (Å²) >= 11 is 0. The molecule has 0 fully saturated rings. The third-order valence-electron chi connectivity index (χ3n) is 7.01. The Kier molecular flexibility index (Phi) is 5.73. The number of hydrogen-bond acceptors (Lipinski definition) is 3. The van der Waals surface area contributed by atoms with E-state index in [1.54, 1.807) is 29.2 Å². The van der Waals surface area contributed by atoms with Crippen molar-refractivity contribution in [2.45, 2.75) is 6.42 Å². The number of anilines is 1. The number of benzene rings is 5. The van der Waals surface area contributed by atoms with Crippen LogP contribution in [0.3, 0.4) is 0 Å². The lowest BCUT2D eigenvalue weighted by molar-refractivity contribution is -0.118. The van der Waals surface area contributed by atoms with Gasteiger partial charge in [0.05, 0.1) is 23.2 Å². The molecule has 0 N–H and O–H groups in total. The predicted octanol–water partition coefficient (Wildman–Crippen LogP) is 5.86. The second kappa shape index (κ2) is 9.36. The number of carbonyl (C=O) groups excluding carboxylic acids is 3. The minimum Gasteiger partial charge on any atom is -0.310 e. The Balaban J connectivity index is 1.35. The zero-order chi connectivity index (χ0) is 25.4. The van der Waals surface area contributed by atoms with Crippen LogP contribution in [0.15, 0.2) is 109 Å². The Morgan fingerprint density at radius 3 is 1.86 bits per heavy atom. The maximum atomic E-state index is 13.9.